The quantitative estimate of drug-likeness (QED) is 0.380. The number of rotatable bonds is 5. The van der Waals surface area contributed by atoms with Crippen LogP contribution in [0, 0.1) is 0 Å². The molecule has 9 heteroatoms. The van der Waals surface area contributed by atoms with Gasteiger partial charge in [-0.3, -0.25) is 5.84 Å². The van der Waals surface area contributed by atoms with Crippen LogP contribution >= 0.6 is 11.6 Å². The Hall–Kier alpha value is -1.12. The second-order valence-corrected chi connectivity index (χ2v) is 4.16. The summed E-state index contributed by atoms with van der Waals surface area (Å²) in [6, 6.07) is 2.93. The van der Waals surface area contributed by atoms with Crippen LogP contribution in [-0.4, -0.2) is 17.8 Å². The summed E-state index contributed by atoms with van der Waals surface area (Å²) < 4.78 is 65.0. The van der Waals surface area contributed by atoms with E-state index in [0.29, 0.717) is 5.56 Å². The predicted molar refractivity (Wildman–Crippen MR) is 58.7 cm³/mol. The van der Waals surface area contributed by atoms with Crippen molar-refractivity contribution < 1.29 is 26.7 Å². The minimum Gasteiger partial charge on any atom is -0.406 e. The minimum atomic E-state index is -4.80. The Morgan fingerprint density at radius 3 is 2.05 bits per heavy atom. The van der Waals surface area contributed by atoms with Gasteiger partial charge in [0, 0.05) is 0 Å². The molecular weight excluding hydrogens is 295 g/mol. The van der Waals surface area contributed by atoms with E-state index >= 15 is 0 Å². The molecule has 19 heavy (non-hydrogen) atoms. The van der Waals surface area contributed by atoms with Crippen LogP contribution in [0.5, 0.6) is 5.75 Å². The number of nitrogens with two attached hydrogens (primary N) is 1. The molecule has 0 aliphatic rings. The van der Waals surface area contributed by atoms with Gasteiger partial charge in [-0.15, -0.1) is 13.2 Å². The number of hydrazine groups is 1. The van der Waals surface area contributed by atoms with Crippen molar-refractivity contribution in [3.8, 4) is 5.75 Å². The van der Waals surface area contributed by atoms with E-state index in [-0.39, 0.29) is 6.42 Å². The Bertz CT molecular complexity index is 404. The molecule has 0 radical (unpaired) electrons. The zero-order valence-electron chi connectivity index (χ0n) is 9.35. The fourth-order valence-corrected chi connectivity index (χ4v) is 1.47. The molecule has 0 spiro atoms. The van der Waals surface area contributed by atoms with Crippen molar-refractivity contribution >= 4 is 11.6 Å². The van der Waals surface area contributed by atoms with E-state index in [4.69, 9.17) is 17.4 Å². The van der Waals surface area contributed by atoms with Crippen LogP contribution < -0.4 is 16.0 Å². The standard InChI is InChI=1S/C10H10ClF5N2O/c11-9(12,13)8(18-17)5-6-1-3-7(4-2-6)19-10(14,15)16/h1-4,8,18H,5,17H2. The first-order chi connectivity index (χ1) is 8.62. The molecule has 0 amide bonds. The molecule has 0 saturated heterocycles. The van der Waals surface area contributed by atoms with E-state index in [0.717, 1.165) is 12.1 Å². The molecule has 0 fully saturated rings. The van der Waals surface area contributed by atoms with Crippen molar-refractivity contribution in [2.24, 2.45) is 5.84 Å². The highest BCUT2D eigenvalue weighted by Crippen LogP contribution is 2.27. The Morgan fingerprint density at radius 1 is 1.16 bits per heavy atom. The summed E-state index contributed by atoms with van der Waals surface area (Å²) in [6.45, 7) is 0. The first kappa shape index (κ1) is 15.9. The number of benzene rings is 1. The second kappa shape index (κ2) is 5.89. The highest BCUT2D eigenvalue weighted by molar-refractivity contribution is 6.22. The number of nitrogens with one attached hydrogen (secondary N) is 1. The number of hydrogen-bond acceptors (Lipinski definition) is 3. The van der Waals surface area contributed by atoms with Crippen LogP contribution in [0.1, 0.15) is 5.56 Å². The summed E-state index contributed by atoms with van der Waals surface area (Å²) >= 11 is 4.82. The van der Waals surface area contributed by atoms with Crippen molar-refractivity contribution in [2.75, 3.05) is 0 Å². The molecule has 1 atom stereocenters. The van der Waals surface area contributed by atoms with E-state index in [1.807, 2.05) is 5.43 Å². The van der Waals surface area contributed by atoms with E-state index in [9.17, 15) is 22.0 Å². The largest absolute Gasteiger partial charge is 0.573 e. The SMILES string of the molecule is NNC(Cc1ccc(OC(F)(F)F)cc1)C(F)(F)Cl. The number of halogens is 6. The average molecular weight is 305 g/mol. The monoisotopic (exact) mass is 304 g/mol. The molecule has 1 aromatic carbocycles. The molecule has 3 N–H and O–H groups in total. The van der Waals surface area contributed by atoms with Crippen molar-refractivity contribution in [3.63, 3.8) is 0 Å². The zero-order valence-corrected chi connectivity index (χ0v) is 10.1. The van der Waals surface area contributed by atoms with Crippen LogP contribution in [-0.2, 0) is 6.42 Å². The van der Waals surface area contributed by atoms with Crippen molar-refractivity contribution in [2.45, 2.75) is 24.2 Å². The van der Waals surface area contributed by atoms with Gasteiger partial charge in [-0.05, 0) is 35.7 Å². The van der Waals surface area contributed by atoms with Crippen LogP contribution in [0.4, 0.5) is 22.0 Å². The first-order valence-electron chi connectivity index (χ1n) is 4.99. The smallest absolute Gasteiger partial charge is 0.406 e. The maximum Gasteiger partial charge on any atom is 0.573 e. The summed E-state index contributed by atoms with van der Waals surface area (Å²) in [7, 11) is 0. The molecule has 1 unspecified atom stereocenters. The Labute approximate surface area is 110 Å². The maximum atomic E-state index is 12.8. The summed E-state index contributed by atoms with van der Waals surface area (Å²) in [5.41, 5.74) is 2.18. The minimum absolute atomic E-state index is 0.251. The summed E-state index contributed by atoms with van der Waals surface area (Å²) in [5.74, 6) is 4.49. The van der Waals surface area contributed by atoms with Gasteiger partial charge < -0.3 is 4.74 Å². The highest BCUT2D eigenvalue weighted by atomic mass is 35.5. The first-order valence-corrected chi connectivity index (χ1v) is 5.37. The van der Waals surface area contributed by atoms with E-state index < -0.39 is 23.5 Å². The normalized spacial score (nSPS) is 14.3. The zero-order chi connectivity index (χ0) is 14.7. The van der Waals surface area contributed by atoms with Gasteiger partial charge in [0.25, 0.3) is 0 Å². The number of alkyl halides is 6. The van der Waals surface area contributed by atoms with E-state index in [1.165, 1.54) is 12.1 Å². The van der Waals surface area contributed by atoms with Gasteiger partial charge in [-0.1, -0.05) is 12.1 Å². The molecule has 0 saturated carbocycles. The lowest BCUT2D eigenvalue weighted by Crippen LogP contribution is -2.46. The topological polar surface area (TPSA) is 47.3 Å². The lowest BCUT2D eigenvalue weighted by Gasteiger charge is -2.20. The fourth-order valence-electron chi connectivity index (χ4n) is 1.33. The van der Waals surface area contributed by atoms with Gasteiger partial charge in [0.05, 0.1) is 0 Å². The fraction of sp³-hybridized carbons (Fsp3) is 0.400. The molecular formula is C10H10ClF5N2O. The molecule has 1 rings (SSSR count). The molecule has 0 aromatic heterocycles. The summed E-state index contributed by atoms with van der Waals surface area (Å²) in [5, 5.41) is -3.57. The molecule has 0 aliphatic carbocycles. The van der Waals surface area contributed by atoms with Crippen molar-refractivity contribution in [1.29, 1.82) is 0 Å². The Kier molecular flexibility index (Phi) is 4.94. The maximum absolute atomic E-state index is 12.8. The van der Waals surface area contributed by atoms with Gasteiger partial charge >= 0.3 is 11.7 Å². The van der Waals surface area contributed by atoms with Crippen molar-refractivity contribution in [1.82, 2.24) is 5.43 Å². The Balaban J connectivity index is 2.71. The van der Waals surface area contributed by atoms with Crippen LogP contribution in [0.3, 0.4) is 0 Å². The van der Waals surface area contributed by atoms with Crippen LogP contribution in [0.2, 0.25) is 0 Å². The molecule has 3 nitrogen and oxygen atoms in total. The highest BCUT2D eigenvalue weighted by Gasteiger charge is 2.36. The molecule has 1 aromatic rings. The lowest BCUT2D eigenvalue weighted by atomic mass is 10.1. The molecule has 0 aliphatic heterocycles. The van der Waals surface area contributed by atoms with Gasteiger partial charge in [-0.25, -0.2) is 5.43 Å². The molecule has 0 heterocycles. The second-order valence-electron chi connectivity index (χ2n) is 3.66. The van der Waals surface area contributed by atoms with Crippen molar-refractivity contribution in [3.05, 3.63) is 29.8 Å². The van der Waals surface area contributed by atoms with E-state index in [1.54, 1.807) is 0 Å². The Morgan fingerprint density at radius 2 is 1.68 bits per heavy atom. The lowest BCUT2D eigenvalue weighted by molar-refractivity contribution is -0.274. The molecule has 108 valence electrons. The van der Waals surface area contributed by atoms with Gasteiger partial charge in [0.2, 0.25) is 0 Å². The predicted octanol–water partition coefficient (Wildman–Crippen LogP) is 2.79. The average Bonchev–Trinajstić information content (AvgIpc) is 2.24. The van der Waals surface area contributed by atoms with Crippen LogP contribution in [0.25, 0.3) is 0 Å². The third-order valence-corrected chi connectivity index (χ3v) is 2.46. The van der Waals surface area contributed by atoms with Gasteiger partial charge in [0.15, 0.2) is 0 Å². The summed E-state index contributed by atoms with van der Waals surface area (Å²) in [4.78, 5) is 0. The van der Waals surface area contributed by atoms with Crippen LogP contribution in [0.15, 0.2) is 24.3 Å². The number of ether oxygens (including phenoxy) is 1. The van der Waals surface area contributed by atoms with E-state index in [2.05, 4.69) is 4.74 Å². The van der Waals surface area contributed by atoms with Gasteiger partial charge in [-0.2, -0.15) is 8.78 Å². The third kappa shape index (κ3) is 5.58. The summed E-state index contributed by atoms with van der Waals surface area (Å²) in [6.07, 6.45) is -5.05. The molecule has 0 bridgehead atoms. The number of hydrogen-bond donors (Lipinski definition) is 2. The van der Waals surface area contributed by atoms with Gasteiger partial charge in [0.1, 0.15) is 11.8 Å². The third-order valence-electron chi connectivity index (χ3n) is 2.19.